The summed E-state index contributed by atoms with van der Waals surface area (Å²) >= 11 is -4.05. The summed E-state index contributed by atoms with van der Waals surface area (Å²) in [4.78, 5) is 0. The molecule has 0 fully saturated rings. The summed E-state index contributed by atoms with van der Waals surface area (Å²) in [6, 6.07) is 0. The summed E-state index contributed by atoms with van der Waals surface area (Å²) in [5.74, 6) is 0. The molecule has 0 saturated carbocycles. The molecule has 200 valence electrons. The van der Waals surface area contributed by atoms with E-state index < -0.39 is 44.4 Å². The molecule has 0 amide bonds. The van der Waals surface area contributed by atoms with Crippen molar-refractivity contribution in [2.45, 2.75) is 138 Å². The van der Waals surface area contributed by atoms with Crippen LogP contribution in [0.3, 0.4) is 0 Å². The minimum atomic E-state index is -4.28. The topological polar surface area (TPSA) is 18.5 Å². The molecule has 2 nitrogen and oxygen atoms in total. The van der Waals surface area contributed by atoms with Crippen LogP contribution in [-0.2, 0) is 6.15 Å². The number of hydrogen-bond acceptors (Lipinski definition) is 2. The van der Waals surface area contributed by atoms with Gasteiger partial charge in [-0.2, -0.15) is 0 Å². The first-order valence-corrected chi connectivity index (χ1v) is 19.3. The normalized spacial score (nSPS) is 13.1. The van der Waals surface area contributed by atoms with Crippen LogP contribution in [0, 0.1) is 0 Å². The average Bonchev–Trinajstić information content (AvgIpc) is 2.70. The van der Waals surface area contributed by atoms with Crippen LogP contribution in [0.4, 0.5) is 26.3 Å². The Morgan fingerprint density at radius 1 is 0.485 bits per heavy atom. The van der Waals surface area contributed by atoms with Gasteiger partial charge in [-0.15, -0.1) is 0 Å². The number of hydrogen-bond donors (Lipinski definition) is 0. The van der Waals surface area contributed by atoms with Crippen molar-refractivity contribution >= 4 is 19.2 Å². The molecule has 0 aromatic rings. The van der Waals surface area contributed by atoms with Gasteiger partial charge in [0.1, 0.15) is 0 Å². The maximum atomic E-state index is 12.7. The Kier molecular flexibility index (Phi) is 19.7. The van der Waals surface area contributed by atoms with Crippen LogP contribution < -0.4 is 0 Å². The van der Waals surface area contributed by atoms with Crippen molar-refractivity contribution in [1.29, 1.82) is 0 Å². The SMILES string of the molecule is CCCCCCCC[O][Sn]([CH2]CCC(F)(F)F)([CH2]CCC(F)(F)F)[O]CCCCCCCC. The first-order valence-electron chi connectivity index (χ1n) is 12.9. The van der Waals surface area contributed by atoms with Crippen LogP contribution in [0.25, 0.3) is 0 Å². The molecule has 0 atom stereocenters. The summed E-state index contributed by atoms with van der Waals surface area (Å²) in [5, 5.41) is 0. The summed E-state index contributed by atoms with van der Waals surface area (Å²) in [7, 11) is 0. The molecule has 0 saturated heterocycles. The summed E-state index contributed by atoms with van der Waals surface area (Å²) in [6.45, 7) is 5.04. The van der Waals surface area contributed by atoms with Crippen molar-refractivity contribution in [2.24, 2.45) is 0 Å². The predicted octanol–water partition coefficient (Wildman–Crippen LogP) is 9.87. The second-order valence-electron chi connectivity index (χ2n) is 9.08. The van der Waals surface area contributed by atoms with Crippen molar-refractivity contribution in [3.8, 4) is 0 Å². The maximum absolute atomic E-state index is 12.7. The molecule has 0 aliphatic carbocycles. The van der Waals surface area contributed by atoms with Crippen LogP contribution >= 0.6 is 0 Å². The van der Waals surface area contributed by atoms with Crippen molar-refractivity contribution in [3.63, 3.8) is 0 Å². The van der Waals surface area contributed by atoms with Gasteiger partial charge in [0, 0.05) is 0 Å². The fraction of sp³-hybridized carbons (Fsp3) is 1.00. The number of unbranched alkanes of at least 4 members (excludes halogenated alkanes) is 10. The Bertz CT molecular complexity index is 404. The molecule has 0 unspecified atom stereocenters. The minimum absolute atomic E-state index is 0.126. The van der Waals surface area contributed by atoms with E-state index in [0.29, 0.717) is 13.2 Å². The van der Waals surface area contributed by atoms with Gasteiger partial charge >= 0.3 is 203 Å². The number of rotatable bonds is 22. The molecule has 0 aliphatic heterocycles. The summed E-state index contributed by atoms with van der Waals surface area (Å²) < 4.78 is 89.1. The van der Waals surface area contributed by atoms with Gasteiger partial charge in [0.15, 0.2) is 0 Å². The van der Waals surface area contributed by atoms with Crippen LogP contribution in [0.1, 0.15) is 117 Å². The van der Waals surface area contributed by atoms with E-state index in [1.54, 1.807) is 0 Å². The van der Waals surface area contributed by atoms with Crippen molar-refractivity contribution in [2.75, 3.05) is 13.2 Å². The van der Waals surface area contributed by atoms with E-state index >= 15 is 0 Å². The van der Waals surface area contributed by atoms with Gasteiger partial charge in [0.05, 0.1) is 0 Å². The van der Waals surface area contributed by atoms with E-state index in [2.05, 4.69) is 13.8 Å². The summed E-state index contributed by atoms with van der Waals surface area (Å²) in [5.41, 5.74) is 0. The zero-order valence-corrected chi connectivity index (χ0v) is 23.6. The first-order chi connectivity index (χ1) is 15.5. The molecule has 0 rings (SSSR count). The van der Waals surface area contributed by atoms with Gasteiger partial charge in [-0.3, -0.25) is 0 Å². The van der Waals surface area contributed by atoms with Crippen molar-refractivity contribution < 1.29 is 32.5 Å². The monoisotopic (exact) mass is 600 g/mol. The molecule has 0 spiro atoms. The van der Waals surface area contributed by atoms with Gasteiger partial charge in [-0.05, 0) is 0 Å². The van der Waals surface area contributed by atoms with E-state index in [9.17, 15) is 26.3 Å². The fourth-order valence-electron chi connectivity index (χ4n) is 3.85. The van der Waals surface area contributed by atoms with Gasteiger partial charge in [0.2, 0.25) is 0 Å². The molecule has 0 N–H and O–H groups in total. The second-order valence-corrected chi connectivity index (χ2v) is 18.8. The molecule has 0 aliphatic rings. The van der Waals surface area contributed by atoms with Crippen LogP contribution in [0.15, 0.2) is 0 Å². The molecule has 0 aromatic heterocycles. The molecule has 33 heavy (non-hydrogen) atoms. The number of halogens is 6. The third-order valence-corrected chi connectivity index (χ3v) is 16.3. The van der Waals surface area contributed by atoms with Gasteiger partial charge in [-0.25, -0.2) is 0 Å². The molecule has 0 bridgehead atoms. The van der Waals surface area contributed by atoms with E-state index in [1.807, 2.05) is 0 Å². The molecule has 0 aromatic carbocycles. The zero-order valence-electron chi connectivity index (χ0n) is 20.7. The van der Waals surface area contributed by atoms with Crippen molar-refractivity contribution in [3.05, 3.63) is 0 Å². The molecule has 0 heterocycles. The zero-order chi connectivity index (χ0) is 25.1. The van der Waals surface area contributed by atoms with Gasteiger partial charge in [0.25, 0.3) is 0 Å². The third-order valence-electron chi connectivity index (χ3n) is 5.76. The van der Waals surface area contributed by atoms with E-state index in [4.69, 9.17) is 6.15 Å². The molecule has 0 radical (unpaired) electrons. The predicted molar refractivity (Wildman–Crippen MR) is 125 cm³/mol. The van der Waals surface area contributed by atoms with Gasteiger partial charge < -0.3 is 0 Å². The average molecular weight is 599 g/mol. The van der Waals surface area contributed by atoms with Crippen LogP contribution in [-0.4, -0.2) is 44.8 Å². The molecular weight excluding hydrogens is 553 g/mol. The number of alkyl halides is 6. The van der Waals surface area contributed by atoms with Crippen LogP contribution in [0.2, 0.25) is 8.87 Å². The Hall–Kier alpha value is 0.299. The Morgan fingerprint density at radius 3 is 1.15 bits per heavy atom. The van der Waals surface area contributed by atoms with E-state index in [-0.39, 0.29) is 21.7 Å². The van der Waals surface area contributed by atoms with E-state index in [1.165, 1.54) is 12.8 Å². The molecule has 9 heteroatoms. The summed E-state index contributed by atoms with van der Waals surface area (Å²) in [6.07, 6.45) is 1.83. The standard InChI is InChI=1S/2C8H17O.2C4H6F3.Sn/c2*1-2-3-4-5-6-7-8-9;2*1-2-3-4(5,6)7;/h2*2-8H2,1H3;2*1-3H2;/q2*-1;;;+2. The van der Waals surface area contributed by atoms with Gasteiger partial charge in [-0.1, -0.05) is 0 Å². The van der Waals surface area contributed by atoms with Crippen LogP contribution in [0.5, 0.6) is 0 Å². The molecular formula is C24H46F6O2Sn. The Balaban J connectivity index is 4.91. The second kappa shape index (κ2) is 19.5. The Labute approximate surface area is 202 Å². The van der Waals surface area contributed by atoms with E-state index in [0.717, 1.165) is 64.2 Å². The third kappa shape index (κ3) is 22.5. The van der Waals surface area contributed by atoms with Crippen molar-refractivity contribution in [1.82, 2.24) is 0 Å². The fourth-order valence-corrected chi connectivity index (χ4v) is 13.5. The Morgan fingerprint density at radius 2 is 0.818 bits per heavy atom. The first kappa shape index (κ1) is 33.3. The quantitative estimate of drug-likeness (QED) is 0.0701.